The first-order chi connectivity index (χ1) is 11.2. The lowest BCUT2D eigenvalue weighted by atomic mass is 10.0. The number of rotatable bonds is 6. The van der Waals surface area contributed by atoms with E-state index in [9.17, 15) is 4.79 Å². The molecule has 1 saturated carbocycles. The van der Waals surface area contributed by atoms with E-state index in [-0.39, 0.29) is 12.1 Å². The van der Waals surface area contributed by atoms with Crippen molar-refractivity contribution in [2.45, 2.75) is 50.1 Å². The Labute approximate surface area is 142 Å². The second-order valence-electron chi connectivity index (χ2n) is 6.55. The first kappa shape index (κ1) is 16.7. The smallest absolute Gasteiger partial charge is 0.315 e. The Balaban J connectivity index is 1.43. The number of ether oxygens (including phenoxy) is 1. The van der Waals surface area contributed by atoms with E-state index in [2.05, 4.69) is 41.2 Å². The molecule has 2 fully saturated rings. The Kier molecular flexibility index (Phi) is 5.84. The normalized spacial score (nSPS) is 24.2. The van der Waals surface area contributed by atoms with Crippen LogP contribution in [0.4, 0.5) is 4.79 Å². The van der Waals surface area contributed by atoms with Crippen molar-refractivity contribution < 1.29 is 9.53 Å². The molecule has 0 spiro atoms. The summed E-state index contributed by atoms with van der Waals surface area (Å²) < 4.78 is 5.81. The van der Waals surface area contributed by atoms with Crippen LogP contribution in [0.25, 0.3) is 0 Å². The van der Waals surface area contributed by atoms with Gasteiger partial charge in [-0.05, 0) is 49.0 Å². The lowest BCUT2D eigenvalue weighted by Crippen LogP contribution is -2.46. The summed E-state index contributed by atoms with van der Waals surface area (Å²) in [5, 5.41) is 6.08. The lowest BCUT2D eigenvalue weighted by molar-refractivity contribution is -0.00914. The summed E-state index contributed by atoms with van der Waals surface area (Å²) in [6.45, 7) is 1.34. The molecular formula is C18H26N2O2S. The molecule has 1 aromatic rings. The summed E-state index contributed by atoms with van der Waals surface area (Å²) in [5.41, 5.74) is 2.45. The van der Waals surface area contributed by atoms with Gasteiger partial charge in [-0.25, -0.2) is 4.79 Å². The van der Waals surface area contributed by atoms with Gasteiger partial charge in [0.1, 0.15) is 0 Å². The summed E-state index contributed by atoms with van der Waals surface area (Å²) in [7, 11) is 0. The molecule has 1 saturated heterocycles. The van der Waals surface area contributed by atoms with Crippen molar-refractivity contribution >= 4 is 17.8 Å². The second-order valence-corrected chi connectivity index (χ2v) is 7.41. The molecule has 126 valence electrons. The van der Waals surface area contributed by atoms with Gasteiger partial charge in [-0.3, -0.25) is 0 Å². The van der Waals surface area contributed by atoms with Crippen LogP contribution in [-0.2, 0) is 17.0 Å². The average Bonchev–Trinajstić information content (AvgIpc) is 3.39. The van der Waals surface area contributed by atoms with Crippen LogP contribution in [0.3, 0.4) is 0 Å². The molecule has 23 heavy (non-hydrogen) atoms. The quantitative estimate of drug-likeness (QED) is 0.839. The Bertz CT molecular complexity index is 534. The third-order valence-corrected chi connectivity index (χ3v) is 5.18. The van der Waals surface area contributed by atoms with Gasteiger partial charge in [0.15, 0.2) is 0 Å². The van der Waals surface area contributed by atoms with E-state index in [1.54, 1.807) is 0 Å². The van der Waals surface area contributed by atoms with E-state index in [1.807, 2.05) is 11.8 Å². The minimum Gasteiger partial charge on any atom is -0.378 e. The van der Waals surface area contributed by atoms with Crippen molar-refractivity contribution in [3.8, 4) is 0 Å². The van der Waals surface area contributed by atoms with Crippen LogP contribution in [0, 0.1) is 5.92 Å². The third-order valence-electron chi connectivity index (χ3n) is 4.55. The van der Waals surface area contributed by atoms with Gasteiger partial charge in [0.25, 0.3) is 0 Å². The van der Waals surface area contributed by atoms with Crippen LogP contribution in [0.15, 0.2) is 24.3 Å². The molecule has 0 radical (unpaired) electrons. The van der Waals surface area contributed by atoms with Gasteiger partial charge >= 0.3 is 6.03 Å². The zero-order valence-corrected chi connectivity index (χ0v) is 14.5. The maximum absolute atomic E-state index is 12.1. The van der Waals surface area contributed by atoms with Crippen LogP contribution in [0.1, 0.15) is 36.8 Å². The highest BCUT2D eigenvalue weighted by molar-refractivity contribution is 7.97. The lowest BCUT2D eigenvalue weighted by Gasteiger charge is -2.30. The van der Waals surface area contributed by atoms with Gasteiger partial charge in [0.05, 0.1) is 6.10 Å². The Morgan fingerprint density at radius 2 is 2.13 bits per heavy atom. The predicted molar refractivity (Wildman–Crippen MR) is 94.5 cm³/mol. The van der Waals surface area contributed by atoms with Gasteiger partial charge in [0, 0.05) is 24.9 Å². The molecule has 1 aliphatic carbocycles. The van der Waals surface area contributed by atoms with Gasteiger partial charge in [0.2, 0.25) is 0 Å². The Morgan fingerprint density at radius 3 is 2.91 bits per heavy atom. The number of carbonyl (C=O) groups is 1. The highest BCUT2D eigenvalue weighted by atomic mass is 32.2. The number of nitrogens with one attached hydrogen (secondary N) is 2. The van der Waals surface area contributed by atoms with Crippen LogP contribution < -0.4 is 10.6 Å². The predicted octanol–water partition coefficient (Wildman–Crippen LogP) is 3.31. The zero-order chi connectivity index (χ0) is 16.1. The van der Waals surface area contributed by atoms with E-state index >= 15 is 0 Å². The largest absolute Gasteiger partial charge is 0.378 e. The van der Waals surface area contributed by atoms with Crippen molar-refractivity contribution in [2.75, 3.05) is 12.9 Å². The van der Waals surface area contributed by atoms with E-state index < -0.39 is 0 Å². The van der Waals surface area contributed by atoms with Crippen molar-refractivity contribution in [2.24, 2.45) is 5.92 Å². The SMILES string of the molecule is CSCc1cccc(CNC(=O)N[C@@H]2CCO[C@@H](C3CC3)C2)c1. The minimum atomic E-state index is -0.0679. The molecule has 2 aliphatic rings. The maximum atomic E-state index is 12.1. The van der Waals surface area contributed by atoms with Gasteiger partial charge in [-0.1, -0.05) is 24.3 Å². The fourth-order valence-corrected chi connectivity index (χ4v) is 3.68. The van der Waals surface area contributed by atoms with E-state index in [0.29, 0.717) is 12.6 Å². The van der Waals surface area contributed by atoms with E-state index in [1.165, 1.54) is 18.4 Å². The molecule has 1 aromatic carbocycles. The molecule has 0 bridgehead atoms. The number of urea groups is 1. The van der Waals surface area contributed by atoms with E-state index in [4.69, 9.17) is 4.74 Å². The fraction of sp³-hybridized carbons (Fsp3) is 0.611. The molecule has 5 heteroatoms. The number of thioether (sulfide) groups is 1. The van der Waals surface area contributed by atoms with Gasteiger partial charge in [-0.15, -0.1) is 0 Å². The topological polar surface area (TPSA) is 50.4 Å². The van der Waals surface area contributed by atoms with Gasteiger partial charge in [-0.2, -0.15) is 11.8 Å². The average molecular weight is 334 g/mol. The van der Waals surface area contributed by atoms with Crippen LogP contribution >= 0.6 is 11.8 Å². The van der Waals surface area contributed by atoms with Crippen LogP contribution in [0.2, 0.25) is 0 Å². The zero-order valence-electron chi connectivity index (χ0n) is 13.7. The Morgan fingerprint density at radius 1 is 1.30 bits per heavy atom. The van der Waals surface area contributed by atoms with Crippen LogP contribution in [-0.4, -0.2) is 31.0 Å². The van der Waals surface area contributed by atoms with Gasteiger partial charge < -0.3 is 15.4 Å². The summed E-state index contributed by atoms with van der Waals surface area (Å²) in [6.07, 6.45) is 6.91. The maximum Gasteiger partial charge on any atom is 0.315 e. The summed E-state index contributed by atoms with van der Waals surface area (Å²) in [5.74, 6) is 1.74. The molecule has 2 amide bonds. The molecule has 1 heterocycles. The number of amides is 2. The molecule has 2 N–H and O–H groups in total. The molecular weight excluding hydrogens is 308 g/mol. The fourth-order valence-electron chi connectivity index (χ4n) is 3.17. The van der Waals surface area contributed by atoms with Crippen molar-refractivity contribution in [1.29, 1.82) is 0 Å². The van der Waals surface area contributed by atoms with Crippen molar-refractivity contribution in [3.63, 3.8) is 0 Å². The molecule has 4 nitrogen and oxygen atoms in total. The first-order valence-corrected chi connectivity index (χ1v) is 9.86. The minimum absolute atomic E-state index is 0.0679. The molecule has 2 atom stereocenters. The number of carbonyl (C=O) groups excluding carboxylic acids is 1. The van der Waals surface area contributed by atoms with Crippen LogP contribution in [0.5, 0.6) is 0 Å². The number of hydrogen-bond acceptors (Lipinski definition) is 3. The first-order valence-electron chi connectivity index (χ1n) is 8.47. The third kappa shape index (κ3) is 5.15. The molecule has 3 rings (SSSR count). The molecule has 0 aromatic heterocycles. The highest BCUT2D eigenvalue weighted by Gasteiger charge is 2.36. The Hall–Kier alpha value is -1.20. The summed E-state index contributed by atoms with van der Waals surface area (Å²) >= 11 is 1.81. The van der Waals surface area contributed by atoms with Crippen molar-refractivity contribution in [3.05, 3.63) is 35.4 Å². The second kappa shape index (κ2) is 8.06. The molecule has 0 unspecified atom stereocenters. The summed E-state index contributed by atoms with van der Waals surface area (Å²) in [4.78, 5) is 12.1. The summed E-state index contributed by atoms with van der Waals surface area (Å²) in [6, 6.07) is 8.58. The monoisotopic (exact) mass is 334 g/mol. The highest BCUT2D eigenvalue weighted by Crippen LogP contribution is 2.38. The number of benzene rings is 1. The standard InChI is InChI=1S/C18H26N2O2S/c1-23-12-14-4-2-3-13(9-14)11-19-18(21)20-16-7-8-22-17(10-16)15-5-6-15/h2-4,9,15-17H,5-8,10-12H2,1H3,(H2,19,20,21)/t16-,17-/m1/s1. The number of hydrogen-bond donors (Lipinski definition) is 2. The van der Waals surface area contributed by atoms with Crippen molar-refractivity contribution in [1.82, 2.24) is 10.6 Å². The van der Waals surface area contributed by atoms with E-state index in [0.717, 1.165) is 36.7 Å². The molecule has 1 aliphatic heterocycles.